The Bertz CT molecular complexity index is 713. The highest BCUT2D eigenvalue weighted by Crippen LogP contribution is 2.14. The van der Waals surface area contributed by atoms with E-state index in [1.54, 1.807) is 6.92 Å². The van der Waals surface area contributed by atoms with Gasteiger partial charge in [-0.05, 0) is 25.1 Å². The molecule has 0 bridgehead atoms. The highest BCUT2D eigenvalue weighted by molar-refractivity contribution is 6.03. The maximum Gasteiger partial charge on any atom is 0.261 e. The first-order valence-electron chi connectivity index (χ1n) is 6.24. The molecular formula is C15H13FN2O3. The second kappa shape index (κ2) is 6.68. The first-order valence-corrected chi connectivity index (χ1v) is 6.24. The number of anilines is 1. The van der Waals surface area contributed by atoms with Crippen molar-refractivity contribution in [3.05, 3.63) is 46.9 Å². The molecule has 0 aliphatic rings. The van der Waals surface area contributed by atoms with E-state index >= 15 is 0 Å². The molecule has 0 unspecified atom stereocenters. The highest BCUT2D eigenvalue weighted by Gasteiger charge is 2.14. The molecule has 2 N–H and O–H groups in total. The minimum Gasteiger partial charge on any atom is -0.395 e. The van der Waals surface area contributed by atoms with Crippen LogP contribution in [0.15, 0.2) is 28.8 Å². The van der Waals surface area contributed by atoms with E-state index in [1.165, 1.54) is 24.3 Å². The van der Waals surface area contributed by atoms with Crippen molar-refractivity contribution in [3.8, 4) is 11.8 Å². The average molecular weight is 288 g/mol. The van der Waals surface area contributed by atoms with Gasteiger partial charge in [-0.25, -0.2) is 4.39 Å². The predicted octanol–water partition coefficient (Wildman–Crippen LogP) is 2.11. The second-order valence-corrected chi connectivity index (χ2v) is 4.26. The van der Waals surface area contributed by atoms with Crippen LogP contribution >= 0.6 is 0 Å². The van der Waals surface area contributed by atoms with Gasteiger partial charge in [0.2, 0.25) is 5.88 Å². The Hall–Kier alpha value is -2.65. The molecule has 0 fully saturated rings. The van der Waals surface area contributed by atoms with E-state index in [9.17, 15) is 9.18 Å². The molecule has 21 heavy (non-hydrogen) atoms. The van der Waals surface area contributed by atoms with Gasteiger partial charge in [-0.1, -0.05) is 17.0 Å². The molecule has 108 valence electrons. The molecule has 1 amide bonds. The lowest BCUT2D eigenvalue weighted by atomic mass is 10.1. The third-order valence-corrected chi connectivity index (χ3v) is 2.55. The number of amides is 1. The smallest absolute Gasteiger partial charge is 0.261 e. The molecule has 0 radical (unpaired) electrons. The highest BCUT2D eigenvalue weighted by atomic mass is 19.1. The van der Waals surface area contributed by atoms with Gasteiger partial charge in [-0.3, -0.25) is 10.1 Å². The molecule has 0 atom stereocenters. The van der Waals surface area contributed by atoms with E-state index < -0.39 is 11.7 Å². The second-order valence-electron chi connectivity index (χ2n) is 4.26. The van der Waals surface area contributed by atoms with Gasteiger partial charge in [0, 0.05) is 18.1 Å². The molecule has 0 saturated heterocycles. The quantitative estimate of drug-likeness (QED) is 0.848. The fourth-order valence-corrected chi connectivity index (χ4v) is 1.60. The lowest BCUT2D eigenvalue weighted by Crippen LogP contribution is -2.13. The number of hydrogen-bond acceptors (Lipinski definition) is 4. The van der Waals surface area contributed by atoms with Crippen molar-refractivity contribution in [2.24, 2.45) is 0 Å². The zero-order chi connectivity index (χ0) is 15.2. The summed E-state index contributed by atoms with van der Waals surface area (Å²) >= 11 is 0. The summed E-state index contributed by atoms with van der Waals surface area (Å²) in [6, 6.07) is 5.58. The number of rotatable bonds is 3. The lowest BCUT2D eigenvalue weighted by Gasteiger charge is -2.03. The predicted molar refractivity (Wildman–Crippen MR) is 74.2 cm³/mol. The Kier molecular flexibility index (Phi) is 4.69. The average Bonchev–Trinajstić information content (AvgIpc) is 2.84. The van der Waals surface area contributed by atoms with Crippen LogP contribution in [0.4, 0.5) is 10.3 Å². The maximum atomic E-state index is 13.9. The van der Waals surface area contributed by atoms with Crippen LogP contribution in [0.5, 0.6) is 0 Å². The van der Waals surface area contributed by atoms with Gasteiger partial charge in [0.1, 0.15) is 5.82 Å². The number of nitrogens with one attached hydrogen (secondary N) is 1. The van der Waals surface area contributed by atoms with Gasteiger partial charge in [-0.2, -0.15) is 0 Å². The van der Waals surface area contributed by atoms with Crippen molar-refractivity contribution >= 4 is 11.8 Å². The zero-order valence-electron chi connectivity index (χ0n) is 11.3. The number of aliphatic hydroxyl groups is 1. The molecule has 0 spiro atoms. The topological polar surface area (TPSA) is 75.4 Å². The molecule has 2 rings (SSSR count). The first kappa shape index (κ1) is 14.8. The molecule has 0 saturated carbocycles. The summed E-state index contributed by atoms with van der Waals surface area (Å²) in [5.41, 5.74) is 0.935. The van der Waals surface area contributed by atoms with Crippen LogP contribution < -0.4 is 5.32 Å². The third kappa shape index (κ3) is 3.91. The van der Waals surface area contributed by atoms with Crippen molar-refractivity contribution in [2.45, 2.75) is 13.3 Å². The Balaban J connectivity index is 2.13. The van der Waals surface area contributed by atoms with E-state index in [2.05, 4.69) is 22.3 Å². The number of aromatic nitrogens is 1. The molecule has 1 heterocycles. The lowest BCUT2D eigenvalue weighted by molar-refractivity contribution is 0.102. The fourth-order valence-electron chi connectivity index (χ4n) is 1.60. The van der Waals surface area contributed by atoms with E-state index in [0.717, 1.165) is 0 Å². The van der Waals surface area contributed by atoms with Crippen molar-refractivity contribution in [1.82, 2.24) is 5.16 Å². The zero-order valence-corrected chi connectivity index (χ0v) is 11.3. The summed E-state index contributed by atoms with van der Waals surface area (Å²) in [7, 11) is 0. The number of aliphatic hydroxyl groups excluding tert-OH is 1. The van der Waals surface area contributed by atoms with Crippen LogP contribution in [0.3, 0.4) is 0 Å². The normalized spacial score (nSPS) is 9.86. The Morgan fingerprint density at radius 1 is 1.48 bits per heavy atom. The molecule has 0 aliphatic heterocycles. The van der Waals surface area contributed by atoms with Crippen LogP contribution in [0.2, 0.25) is 0 Å². The van der Waals surface area contributed by atoms with E-state index in [-0.39, 0.29) is 18.1 Å². The molecular weight excluding hydrogens is 275 g/mol. The Morgan fingerprint density at radius 3 is 2.90 bits per heavy atom. The number of carbonyl (C=O) groups is 1. The summed E-state index contributed by atoms with van der Waals surface area (Å²) in [6.07, 6.45) is 0.314. The number of aryl methyl sites for hydroxylation is 1. The molecule has 6 heteroatoms. The van der Waals surface area contributed by atoms with Crippen molar-refractivity contribution in [2.75, 3.05) is 11.9 Å². The molecule has 2 aromatic rings. The third-order valence-electron chi connectivity index (χ3n) is 2.55. The van der Waals surface area contributed by atoms with Crippen LogP contribution in [0, 0.1) is 24.6 Å². The van der Waals surface area contributed by atoms with Gasteiger partial charge < -0.3 is 9.63 Å². The minimum atomic E-state index is -0.681. The first-order chi connectivity index (χ1) is 10.1. The summed E-state index contributed by atoms with van der Waals surface area (Å²) in [5, 5.41) is 14.6. The van der Waals surface area contributed by atoms with Gasteiger partial charge in [0.25, 0.3) is 5.91 Å². The SMILES string of the molecule is Cc1cc(NC(=O)c2ccc(C#CCCO)cc2F)on1. The molecule has 0 aliphatic carbocycles. The summed E-state index contributed by atoms with van der Waals surface area (Å²) in [6.45, 7) is 1.66. The van der Waals surface area contributed by atoms with Crippen molar-refractivity contribution < 1.29 is 18.8 Å². The van der Waals surface area contributed by atoms with Crippen LogP contribution in [-0.2, 0) is 0 Å². The molecule has 5 nitrogen and oxygen atoms in total. The van der Waals surface area contributed by atoms with Crippen molar-refractivity contribution in [3.63, 3.8) is 0 Å². The molecule has 1 aromatic carbocycles. The van der Waals surface area contributed by atoms with Crippen LogP contribution in [-0.4, -0.2) is 22.8 Å². The Labute approximate surface area is 120 Å². The summed E-state index contributed by atoms with van der Waals surface area (Å²) < 4.78 is 18.7. The van der Waals surface area contributed by atoms with Crippen LogP contribution in [0.25, 0.3) is 0 Å². The summed E-state index contributed by atoms with van der Waals surface area (Å²) in [5.74, 6) is 4.22. The van der Waals surface area contributed by atoms with Gasteiger partial charge in [-0.15, -0.1) is 0 Å². The van der Waals surface area contributed by atoms with Gasteiger partial charge in [0.05, 0.1) is 17.9 Å². The number of nitrogens with zero attached hydrogens (tertiary/aromatic N) is 1. The standard InChI is InChI=1S/C15H13FN2O3/c1-10-8-14(21-18-10)17-15(20)12-6-5-11(9-13(12)16)4-2-3-7-19/h5-6,8-9,19H,3,7H2,1H3,(H,17,20). The molecule has 1 aromatic heterocycles. The summed E-state index contributed by atoms with van der Waals surface area (Å²) in [4.78, 5) is 11.9. The Morgan fingerprint density at radius 2 is 2.29 bits per heavy atom. The maximum absolute atomic E-state index is 13.9. The van der Waals surface area contributed by atoms with E-state index in [1.807, 2.05) is 0 Å². The van der Waals surface area contributed by atoms with Gasteiger partial charge in [0.15, 0.2) is 0 Å². The number of carbonyl (C=O) groups excluding carboxylic acids is 1. The van der Waals surface area contributed by atoms with Crippen molar-refractivity contribution in [1.29, 1.82) is 0 Å². The van der Waals surface area contributed by atoms with Crippen LogP contribution in [0.1, 0.15) is 28.0 Å². The number of benzene rings is 1. The minimum absolute atomic E-state index is 0.0490. The largest absolute Gasteiger partial charge is 0.395 e. The van der Waals surface area contributed by atoms with E-state index in [0.29, 0.717) is 17.7 Å². The number of halogens is 1. The number of hydrogen-bond donors (Lipinski definition) is 2. The van der Waals surface area contributed by atoms with E-state index in [4.69, 9.17) is 9.63 Å². The fraction of sp³-hybridized carbons (Fsp3) is 0.200. The van der Waals surface area contributed by atoms with Gasteiger partial charge >= 0.3 is 0 Å². The monoisotopic (exact) mass is 288 g/mol.